The van der Waals surface area contributed by atoms with Gasteiger partial charge >= 0.3 is 11.9 Å². The molecule has 49 heavy (non-hydrogen) atoms. The van der Waals surface area contributed by atoms with Crippen LogP contribution in [0.2, 0.25) is 0 Å². The number of amides is 2. The first-order valence-corrected chi connectivity index (χ1v) is 15.2. The number of aliphatic hydroxyl groups is 2. The molecule has 21 heteroatoms. The van der Waals surface area contributed by atoms with Gasteiger partial charge in [-0.3, -0.25) is 14.3 Å². The highest BCUT2D eigenvalue weighted by atomic mass is 32.2. The first-order chi connectivity index (χ1) is 22.4. The Kier molecular flexibility index (Phi) is 13.2. The van der Waals surface area contributed by atoms with Gasteiger partial charge in [-0.05, 0) is 45.9 Å². The van der Waals surface area contributed by atoms with E-state index in [1.807, 2.05) is 0 Å². The van der Waals surface area contributed by atoms with Crippen molar-refractivity contribution in [3.8, 4) is 0 Å². The molecule has 0 radical (unpaired) electrons. The first kappa shape index (κ1) is 40.8. The minimum absolute atomic E-state index is 0.192. The number of sulfonamides is 1. The smallest absolute Gasteiger partial charge is 0.335 e. The van der Waals surface area contributed by atoms with Crippen molar-refractivity contribution >= 4 is 39.5 Å². The summed E-state index contributed by atoms with van der Waals surface area (Å²) in [6.07, 6.45) is -3.85. The fourth-order valence-corrected chi connectivity index (χ4v) is 5.09. The molecule has 2 heterocycles. The molecule has 2 aromatic rings. The SMILES string of the molecule is CC1(C)OCC(C(O)C(N)=O)O1.CC1(C)OCC(C(O)C(N)=O)O1.O=C(O)c1cc(C(=O)O)cc(S(=O)(=O)Nc2c(F)cc(F)cc2F)c1. The third kappa shape index (κ3) is 11.6. The Morgan fingerprint density at radius 3 is 1.43 bits per heavy atom. The van der Waals surface area contributed by atoms with Crippen LogP contribution in [0.5, 0.6) is 0 Å². The van der Waals surface area contributed by atoms with Gasteiger partial charge in [0, 0.05) is 12.1 Å². The minimum atomic E-state index is -4.76. The molecule has 2 amide bonds. The predicted molar refractivity (Wildman–Crippen MR) is 158 cm³/mol. The van der Waals surface area contributed by atoms with Gasteiger partial charge in [0.2, 0.25) is 11.8 Å². The minimum Gasteiger partial charge on any atom is -0.478 e. The van der Waals surface area contributed by atoms with E-state index in [9.17, 15) is 51.0 Å². The lowest BCUT2D eigenvalue weighted by Gasteiger charge is -2.18. The van der Waals surface area contributed by atoms with Crippen LogP contribution in [0.15, 0.2) is 35.2 Å². The number of carbonyl (C=O) groups excluding carboxylic acids is 2. The molecule has 4 rings (SSSR count). The fraction of sp³-hybridized carbons (Fsp3) is 0.429. The summed E-state index contributed by atoms with van der Waals surface area (Å²) in [4.78, 5) is 42.2. The molecular formula is C28H34F3N3O14S. The molecule has 2 aliphatic heterocycles. The molecule has 2 aliphatic rings. The van der Waals surface area contributed by atoms with Gasteiger partial charge in [-0.15, -0.1) is 0 Å². The number of hydrogen-bond donors (Lipinski definition) is 7. The maximum absolute atomic E-state index is 13.6. The topological polar surface area (TPSA) is 284 Å². The van der Waals surface area contributed by atoms with Gasteiger partial charge in [-0.1, -0.05) is 0 Å². The number of carboxylic acid groups (broad SMARTS) is 2. The van der Waals surface area contributed by atoms with Crippen LogP contribution in [0, 0.1) is 17.5 Å². The van der Waals surface area contributed by atoms with Crippen molar-refractivity contribution in [1.29, 1.82) is 0 Å². The summed E-state index contributed by atoms with van der Waals surface area (Å²) < 4.78 is 86.6. The number of carbonyl (C=O) groups is 4. The highest BCUT2D eigenvalue weighted by Gasteiger charge is 2.39. The van der Waals surface area contributed by atoms with E-state index in [2.05, 4.69) is 0 Å². The molecule has 9 N–H and O–H groups in total. The Hall–Kier alpha value is -4.38. The molecule has 2 saturated heterocycles. The second-order valence-electron chi connectivity index (χ2n) is 11.1. The van der Waals surface area contributed by atoms with E-state index in [-0.39, 0.29) is 25.3 Å². The zero-order chi connectivity index (χ0) is 37.6. The van der Waals surface area contributed by atoms with E-state index in [0.717, 1.165) is 0 Å². The van der Waals surface area contributed by atoms with Crippen LogP contribution in [0.1, 0.15) is 48.4 Å². The number of hydrogen-bond acceptors (Lipinski definition) is 12. The van der Waals surface area contributed by atoms with Crippen molar-refractivity contribution in [2.75, 3.05) is 17.9 Å². The van der Waals surface area contributed by atoms with Crippen molar-refractivity contribution in [1.82, 2.24) is 0 Å². The molecule has 0 saturated carbocycles. The summed E-state index contributed by atoms with van der Waals surface area (Å²) in [6.45, 7) is 7.22. The summed E-state index contributed by atoms with van der Waals surface area (Å²) in [5.74, 6) is -10.6. The summed E-state index contributed by atoms with van der Waals surface area (Å²) >= 11 is 0. The second kappa shape index (κ2) is 15.9. The fourth-order valence-electron chi connectivity index (χ4n) is 3.94. The highest BCUT2D eigenvalue weighted by molar-refractivity contribution is 7.92. The van der Waals surface area contributed by atoms with E-state index in [0.29, 0.717) is 18.2 Å². The van der Waals surface area contributed by atoms with Crippen LogP contribution >= 0.6 is 0 Å². The standard InChI is InChI=1S/C14H8F3NO6S.2C7H13NO4/c15-8-4-10(16)12(11(17)5-8)18-25(23,24)9-2-6(13(19)20)1-7(3-9)14(21)22;2*1-7(2)11-3-4(12-7)5(9)6(8)10/h1-5,18H,(H,19,20)(H,21,22);2*4-5,9H,3H2,1-2H3,(H2,8,10). The first-order valence-electron chi connectivity index (χ1n) is 13.7. The van der Waals surface area contributed by atoms with Gasteiger partial charge < -0.3 is 50.8 Å². The van der Waals surface area contributed by atoms with Crippen molar-refractivity contribution in [3.63, 3.8) is 0 Å². The number of aromatic carboxylic acids is 2. The van der Waals surface area contributed by atoms with Gasteiger partial charge in [-0.25, -0.2) is 31.2 Å². The average Bonchev–Trinajstić information content (AvgIpc) is 3.54. The molecular weight excluding hydrogens is 691 g/mol. The Morgan fingerprint density at radius 1 is 0.776 bits per heavy atom. The Labute approximate surface area is 276 Å². The summed E-state index contributed by atoms with van der Waals surface area (Å²) in [6, 6.07) is 2.39. The lowest BCUT2D eigenvalue weighted by atomic mass is 10.1. The number of halogens is 3. The van der Waals surface area contributed by atoms with E-state index in [1.54, 1.807) is 27.7 Å². The quantitative estimate of drug-likeness (QED) is 0.183. The third-order valence-corrected chi connectivity index (χ3v) is 7.63. The van der Waals surface area contributed by atoms with Crippen LogP contribution in [0.25, 0.3) is 0 Å². The highest BCUT2D eigenvalue weighted by Crippen LogP contribution is 2.26. The zero-order valence-electron chi connectivity index (χ0n) is 26.2. The number of benzene rings is 2. The van der Waals surface area contributed by atoms with Gasteiger partial charge in [0.05, 0.1) is 29.2 Å². The molecule has 272 valence electrons. The van der Waals surface area contributed by atoms with E-state index in [1.165, 1.54) is 4.72 Å². The average molecular weight is 726 g/mol. The van der Waals surface area contributed by atoms with Crippen LogP contribution in [-0.4, -0.2) is 102 Å². The van der Waals surface area contributed by atoms with Crippen molar-refractivity contribution in [2.24, 2.45) is 11.5 Å². The third-order valence-electron chi connectivity index (χ3n) is 6.30. The zero-order valence-corrected chi connectivity index (χ0v) is 27.0. The van der Waals surface area contributed by atoms with E-state index >= 15 is 0 Å². The Balaban J connectivity index is 0.000000289. The molecule has 4 unspecified atom stereocenters. The van der Waals surface area contributed by atoms with Gasteiger partial charge in [-0.2, -0.15) is 0 Å². The molecule has 0 bridgehead atoms. The lowest BCUT2D eigenvalue weighted by Crippen LogP contribution is -2.40. The summed E-state index contributed by atoms with van der Waals surface area (Å²) in [5.41, 5.74) is 7.23. The van der Waals surface area contributed by atoms with Crippen molar-refractivity contribution in [2.45, 2.75) is 68.6 Å². The molecule has 0 aromatic heterocycles. The number of carboxylic acids is 2. The number of anilines is 1. The number of nitrogens with two attached hydrogens (primary N) is 2. The van der Waals surface area contributed by atoms with Crippen LogP contribution < -0.4 is 16.2 Å². The molecule has 0 spiro atoms. The lowest BCUT2D eigenvalue weighted by molar-refractivity contribution is -0.158. The second-order valence-corrected chi connectivity index (χ2v) is 12.8. The van der Waals surface area contributed by atoms with E-state index in [4.69, 9.17) is 40.6 Å². The molecule has 0 aliphatic carbocycles. The van der Waals surface area contributed by atoms with Crippen LogP contribution in [0.3, 0.4) is 0 Å². The molecule has 2 aromatic carbocycles. The monoisotopic (exact) mass is 725 g/mol. The maximum atomic E-state index is 13.6. The van der Waals surface area contributed by atoms with Gasteiger partial charge in [0.25, 0.3) is 10.0 Å². The molecule has 4 atom stereocenters. The van der Waals surface area contributed by atoms with Crippen LogP contribution in [0.4, 0.5) is 18.9 Å². The Bertz CT molecular complexity index is 1590. The molecule has 17 nitrogen and oxygen atoms in total. The summed E-state index contributed by atoms with van der Waals surface area (Å²) in [5, 5.41) is 36.2. The van der Waals surface area contributed by atoms with Crippen LogP contribution in [-0.2, 0) is 38.6 Å². The molecule has 2 fully saturated rings. The van der Waals surface area contributed by atoms with Gasteiger partial charge in [0.1, 0.15) is 23.7 Å². The van der Waals surface area contributed by atoms with Crippen molar-refractivity contribution < 1.29 is 80.1 Å². The maximum Gasteiger partial charge on any atom is 0.335 e. The Morgan fingerprint density at radius 2 is 1.14 bits per heavy atom. The number of ether oxygens (including phenoxy) is 4. The number of aliphatic hydroxyl groups excluding tert-OH is 2. The van der Waals surface area contributed by atoms with Crippen molar-refractivity contribution in [3.05, 3.63) is 58.9 Å². The summed E-state index contributed by atoms with van der Waals surface area (Å²) in [7, 11) is -4.76. The largest absolute Gasteiger partial charge is 0.478 e. The number of rotatable bonds is 9. The number of primary amides is 2. The normalized spacial score (nSPS) is 20.4. The van der Waals surface area contributed by atoms with Gasteiger partial charge in [0.15, 0.2) is 35.4 Å². The predicted octanol–water partition coefficient (Wildman–Crippen LogP) is 0.269. The van der Waals surface area contributed by atoms with E-state index < -0.39 is 109 Å². The number of nitrogens with one attached hydrogen (secondary N) is 1.